The molecular formula is C11H9BrN2O4. The molecule has 0 radical (unpaired) electrons. The van der Waals surface area contributed by atoms with Crippen molar-refractivity contribution in [1.82, 2.24) is 9.13 Å². The van der Waals surface area contributed by atoms with Crippen LogP contribution in [0.15, 0.2) is 32.3 Å². The lowest BCUT2D eigenvalue weighted by Crippen LogP contribution is -2.39. The molecule has 6 nitrogen and oxygen atoms in total. The molecule has 18 heavy (non-hydrogen) atoms. The number of carbonyl (C=O) groups is 1. The highest BCUT2D eigenvalue weighted by Crippen LogP contribution is 2.19. The molecule has 0 saturated heterocycles. The number of aromatic nitrogens is 2. The molecular weight excluding hydrogens is 304 g/mol. The van der Waals surface area contributed by atoms with Gasteiger partial charge in [-0.15, -0.1) is 0 Å². The van der Waals surface area contributed by atoms with Crippen LogP contribution in [0.1, 0.15) is 0 Å². The molecule has 1 aromatic carbocycles. The third kappa shape index (κ3) is 1.86. The molecule has 0 aliphatic carbocycles. The van der Waals surface area contributed by atoms with E-state index in [0.29, 0.717) is 15.4 Å². The van der Waals surface area contributed by atoms with Gasteiger partial charge in [0.05, 0.1) is 10.9 Å². The van der Waals surface area contributed by atoms with Crippen molar-refractivity contribution >= 4 is 32.8 Å². The quantitative estimate of drug-likeness (QED) is 0.878. The topological polar surface area (TPSA) is 81.3 Å². The fourth-order valence-corrected chi connectivity index (χ4v) is 2.30. The summed E-state index contributed by atoms with van der Waals surface area (Å²) in [6.45, 7) is -0.486. The van der Waals surface area contributed by atoms with Gasteiger partial charge in [0.2, 0.25) is 0 Å². The van der Waals surface area contributed by atoms with Crippen LogP contribution in [0.25, 0.3) is 10.9 Å². The Labute approximate surface area is 109 Å². The normalized spacial score (nSPS) is 10.8. The number of rotatable bonds is 2. The van der Waals surface area contributed by atoms with E-state index in [-0.39, 0.29) is 0 Å². The summed E-state index contributed by atoms with van der Waals surface area (Å²) < 4.78 is 2.49. The molecule has 1 heterocycles. The molecule has 7 heteroatoms. The largest absolute Gasteiger partial charge is 0.480 e. The molecule has 94 valence electrons. The minimum Gasteiger partial charge on any atom is -0.480 e. The van der Waals surface area contributed by atoms with E-state index < -0.39 is 23.8 Å². The minimum absolute atomic E-state index is 0.292. The van der Waals surface area contributed by atoms with Gasteiger partial charge in [0.1, 0.15) is 6.54 Å². The summed E-state index contributed by atoms with van der Waals surface area (Å²) in [7, 11) is 1.32. The second kappa shape index (κ2) is 4.41. The molecule has 0 atom stereocenters. The first kappa shape index (κ1) is 12.6. The minimum atomic E-state index is -1.14. The van der Waals surface area contributed by atoms with E-state index >= 15 is 0 Å². The van der Waals surface area contributed by atoms with Crippen LogP contribution in [0.2, 0.25) is 0 Å². The molecule has 0 fully saturated rings. The lowest BCUT2D eigenvalue weighted by atomic mass is 10.2. The van der Waals surface area contributed by atoms with Crippen molar-refractivity contribution in [1.29, 1.82) is 0 Å². The van der Waals surface area contributed by atoms with Crippen LogP contribution < -0.4 is 11.2 Å². The predicted molar refractivity (Wildman–Crippen MR) is 68.8 cm³/mol. The number of benzene rings is 1. The van der Waals surface area contributed by atoms with Crippen LogP contribution in [-0.4, -0.2) is 20.2 Å². The van der Waals surface area contributed by atoms with Gasteiger partial charge in [0.25, 0.3) is 5.56 Å². The first-order valence-electron chi connectivity index (χ1n) is 5.03. The van der Waals surface area contributed by atoms with Crippen LogP contribution in [0.3, 0.4) is 0 Å². The van der Waals surface area contributed by atoms with Crippen molar-refractivity contribution in [2.75, 3.05) is 0 Å². The summed E-state index contributed by atoms with van der Waals surface area (Å²) in [5, 5.41) is 9.11. The van der Waals surface area contributed by atoms with Crippen LogP contribution in [0.5, 0.6) is 0 Å². The summed E-state index contributed by atoms with van der Waals surface area (Å²) in [4.78, 5) is 34.7. The highest BCUT2D eigenvalue weighted by Gasteiger charge is 2.14. The SMILES string of the molecule is Cn1c(=O)c2c(Br)cccc2n(CC(=O)O)c1=O. The molecule has 0 spiro atoms. The van der Waals surface area contributed by atoms with E-state index in [0.717, 1.165) is 9.13 Å². The Balaban J connectivity index is 3.02. The third-order valence-corrected chi connectivity index (χ3v) is 3.27. The Morgan fingerprint density at radius 2 is 2.06 bits per heavy atom. The second-order valence-electron chi connectivity index (χ2n) is 3.76. The van der Waals surface area contributed by atoms with Gasteiger partial charge < -0.3 is 5.11 Å². The molecule has 0 amide bonds. The Morgan fingerprint density at radius 1 is 1.39 bits per heavy atom. The van der Waals surface area contributed by atoms with Gasteiger partial charge in [0.15, 0.2) is 0 Å². The summed E-state index contributed by atoms with van der Waals surface area (Å²) in [6, 6.07) is 4.86. The van der Waals surface area contributed by atoms with Gasteiger partial charge in [-0.1, -0.05) is 6.07 Å². The van der Waals surface area contributed by atoms with Crippen molar-refractivity contribution in [2.45, 2.75) is 6.54 Å². The van der Waals surface area contributed by atoms with E-state index in [4.69, 9.17) is 5.11 Å². The van der Waals surface area contributed by atoms with Crippen molar-refractivity contribution in [2.24, 2.45) is 7.05 Å². The fourth-order valence-electron chi connectivity index (χ4n) is 1.78. The zero-order valence-corrected chi connectivity index (χ0v) is 11.0. The molecule has 1 N–H and O–H groups in total. The molecule has 0 unspecified atom stereocenters. The molecule has 0 aliphatic heterocycles. The zero-order valence-electron chi connectivity index (χ0n) is 9.38. The van der Waals surface area contributed by atoms with Gasteiger partial charge in [-0.2, -0.15) is 0 Å². The van der Waals surface area contributed by atoms with Crippen LogP contribution in [0.4, 0.5) is 0 Å². The monoisotopic (exact) mass is 312 g/mol. The summed E-state index contributed by atoms with van der Waals surface area (Å²) in [5.41, 5.74) is -0.794. The number of nitrogens with zero attached hydrogens (tertiary/aromatic N) is 2. The van der Waals surface area contributed by atoms with Crippen molar-refractivity contribution in [3.63, 3.8) is 0 Å². The lowest BCUT2D eigenvalue weighted by Gasteiger charge is -2.10. The highest BCUT2D eigenvalue weighted by atomic mass is 79.9. The number of hydrogen-bond acceptors (Lipinski definition) is 3. The Kier molecular flexibility index (Phi) is 3.08. The standard InChI is InChI=1S/C11H9BrN2O4/c1-13-10(17)9-6(12)3-2-4-7(9)14(11(13)18)5-8(15)16/h2-4H,5H2,1H3,(H,15,16). The fraction of sp³-hybridized carbons (Fsp3) is 0.182. The maximum Gasteiger partial charge on any atom is 0.331 e. The van der Waals surface area contributed by atoms with Gasteiger partial charge >= 0.3 is 11.7 Å². The summed E-state index contributed by atoms with van der Waals surface area (Å²) in [6.07, 6.45) is 0. The van der Waals surface area contributed by atoms with Crippen LogP contribution in [0, 0.1) is 0 Å². The number of fused-ring (bicyclic) bond motifs is 1. The number of halogens is 1. The number of aliphatic carboxylic acids is 1. The smallest absolute Gasteiger partial charge is 0.331 e. The van der Waals surface area contributed by atoms with Gasteiger partial charge in [-0.3, -0.25) is 18.7 Å². The lowest BCUT2D eigenvalue weighted by molar-refractivity contribution is -0.137. The maximum absolute atomic E-state index is 12.0. The average Bonchev–Trinajstić information content (AvgIpc) is 2.31. The molecule has 0 saturated carbocycles. The van der Waals surface area contributed by atoms with E-state index in [1.54, 1.807) is 18.2 Å². The van der Waals surface area contributed by atoms with E-state index in [9.17, 15) is 14.4 Å². The van der Waals surface area contributed by atoms with Crippen LogP contribution in [-0.2, 0) is 18.4 Å². The van der Waals surface area contributed by atoms with Gasteiger partial charge in [-0.25, -0.2) is 4.79 Å². The summed E-state index contributed by atoms with van der Waals surface area (Å²) >= 11 is 3.23. The second-order valence-corrected chi connectivity index (χ2v) is 4.61. The van der Waals surface area contributed by atoms with E-state index in [1.807, 2.05) is 0 Å². The van der Waals surface area contributed by atoms with Crippen LogP contribution >= 0.6 is 15.9 Å². The number of hydrogen-bond donors (Lipinski definition) is 1. The number of carboxylic acid groups (broad SMARTS) is 1. The van der Waals surface area contributed by atoms with Crippen molar-refractivity contribution < 1.29 is 9.90 Å². The third-order valence-electron chi connectivity index (χ3n) is 2.61. The zero-order chi connectivity index (χ0) is 13.4. The predicted octanol–water partition coefficient (Wildman–Crippen LogP) is 0.547. The van der Waals surface area contributed by atoms with E-state index in [1.165, 1.54) is 7.05 Å². The van der Waals surface area contributed by atoms with Gasteiger partial charge in [0, 0.05) is 11.5 Å². The molecule has 2 aromatic rings. The maximum atomic E-state index is 12.0. The van der Waals surface area contributed by atoms with E-state index in [2.05, 4.69) is 15.9 Å². The summed E-state index contributed by atoms with van der Waals surface area (Å²) in [5.74, 6) is -1.14. The Morgan fingerprint density at radius 3 is 2.67 bits per heavy atom. The first-order valence-corrected chi connectivity index (χ1v) is 5.82. The molecule has 0 aliphatic rings. The molecule has 0 bridgehead atoms. The Bertz CT molecular complexity index is 760. The van der Waals surface area contributed by atoms with Crippen molar-refractivity contribution in [3.8, 4) is 0 Å². The van der Waals surface area contributed by atoms with Gasteiger partial charge in [-0.05, 0) is 28.1 Å². The average molecular weight is 313 g/mol. The molecule has 1 aromatic heterocycles. The van der Waals surface area contributed by atoms with Crippen molar-refractivity contribution in [3.05, 3.63) is 43.5 Å². The first-order chi connectivity index (χ1) is 8.43. The highest BCUT2D eigenvalue weighted by molar-refractivity contribution is 9.10. The Hall–Kier alpha value is -1.89. The number of carboxylic acids is 1. The molecule has 2 rings (SSSR count).